The van der Waals surface area contributed by atoms with Crippen molar-refractivity contribution in [1.29, 1.82) is 0 Å². The van der Waals surface area contributed by atoms with Crippen molar-refractivity contribution >= 4 is 22.5 Å². The molecule has 3 aromatic rings. The molecule has 1 aromatic heterocycles. The van der Waals surface area contributed by atoms with E-state index in [1.807, 2.05) is 24.3 Å². The van der Waals surface area contributed by atoms with Gasteiger partial charge in [-0.1, -0.05) is 41.9 Å². The maximum atomic E-state index is 13.0. The summed E-state index contributed by atoms with van der Waals surface area (Å²) in [6, 6.07) is 14.5. The topological polar surface area (TPSA) is 53.2 Å². The van der Waals surface area contributed by atoms with E-state index in [4.69, 9.17) is 16.3 Å². The van der Waals surface area contributed by atoms with Crippen molar-refractivity contribution in [1.82, 2.24) is 9.13 Å². The average Bonchev–Trinajstić information content (AvgIpc) is 2.63. The van der Waals surface area contributed by atoms with Crippen LogP contribution in [0.15, 0.2) is 58.1 Å². The largest absolute Gasteiger partial charge is 0.385 e. The number of benzene rings is 2. The molecule has 0 aliphatic heterocycles. The van der Waals surface area contributed by atoms with E-state index in [2.05, 4.69) is 0 Å². The van der Waals surface area contributed by atoms with Gasteiger partial charge < -0.3 is 4.74 Å². The molecule has 25 heavy (non-hydrogen) atoms. The second-order valence-electron chi connectivity index (χ2n) is 5.78. The predicted octanol–water partition coefficient (Wildman–Crippen LogP) is 2.90. The zero-order chi connectivity index (χ0) is 17.8. The molecule has 0 atom stereocenters. The third-order valence-electron chi connectivity index (χ3n) is 4.15. The molecule has 0 N–H and O–H groups in total. The van der Waals surface area contributed by atoms with Crippen molar-refractivity contribution in [2.75, 3.05) is 13.7 Å². The van der Waals surface area contributed by atoms with Crippen LogP contribution in [0.3, 0.4) is 0 Å². The lowest BCUT2D eigenvalue weighted by Crippen LogP contribution is -2.40. The summed E-state index contributed by atoms with van der Waals surface area (Å²) in [5, 5.41) is 1.11. The van der Waals surface area contributed by atoms with Crippen molar-refractivity contribution in [3.63, 3.8) is 0 Å². The molecule has 0 saturated heterocycles. The van der Waals surface area contributed by atoms with Gasteiger partial charge in [-0.05, 0) is 30.2 Å². The molecule has 6 heteroatoms. The lowest BCUT2D eigenvalue weighted by molar-refractivity contribution is 0.189. The van der Waals surface area contributed by atoms with Crippen molar-refractivity contribution in [3.05, 3.63) is 80.0 Å². The highest BCUT2D eigenvalue weighted by molar-refractivity contribution is 6.31. The zero-order valence-electron chi connectivity index (χ0n) is 13.9. The first-order valence-electron chi connectivity index (χ1n) is 8.08. The molecule has 130 valence electrons. The minimum Gasteiger partial charge on any atom is -0.385 e. The van der Waals surface area contributed by atoms with Crippen LogP contribution in [-0.2, 0) is 17.8 Å². The molecule has 0 amide bonds. The summed E-state index contributed by atoms with van der Waals surface area (Å²) in [4.78, 5) is 25.7. The fourth-order valence-corrected chi connectivity index (χ4v) is 3.08. The Morgan fingerprint density at radius 3 is 2.48 bits per heavy atom. The Balaban J connectivity index is 2.17. The van der Waals surface area contributed by atoms with Gasteiger partial charge in [-0.3, -0.25) is 13.9 Å². The first-order chi connectivity index (χ1) is 12.1. The molecule has 0 fully saturated rings. The first-order valence-corrected chi connectivity index (χ1v) is 8.46. The van der Waals surface area contributed by atoms with Gasteiger partial charge in [0.25, 0.3) is 5.56 Å². The number of halogens is 1. The quantitative estimate of drug-likeness (QED) is 0.637. The van der Waals surface area contributed by atoms with Crippen LogP contribution in [0.2, 0.25) is 5.02 Å². The average molecular weight is 359 g/mol. The van der Waals surface area contributed by atoms with Gasteiger partial charge in [-0.25, -0.2) is 4.79 Å². The lowest BCUT2D eigenvalue weighted by atomic mass is 10.2. The van der Waals surface area contributed by atoms with E-state index in [9.17, 15) is 9.59 Å². The molecule has 0 aliphatic carbocycles. The normalized spacial score (nSPS) is 11.1. The number of aromatic nitrogens is 2. The van der Waals surface area contributed by atoms with Gasteiger partial charge in [0.2, 0.25) is 0 Å². The molecular weight excluding hydrogens is 340 g/mol. The van der Waals surface area contributed by atoms with Crippen LogP contribution >= 0.6 is 11.6 Å². The summed E-state index contributed by atoms with van der Waals surface area (Å²) < 4.78 is 7.91. The van der Waals surface area contributed by atoms with Crippen LogP contribution in [0.25, 0.3) is 10.9 Å². The number of hydrogen-bond donors (Lipinski definition) is 0. The van der Waals surface area contributed by atoms with Crippen LogP contribution < -0.4 is 11.2 Å². The summed E-state index contributed by atoms with van der Waals surface area (Å²) in [6.45, 7) is 1.12. The summed E-state index contributed by atoms with van der Waals surface area (Å²) in [6.07, 6.45) is 0.593. The second-order valence-corrected chi connectivity index (χ2v) is 6.19. The Morgan fingerprint density at radius 2 is 1.72 bits per heavy atom. The number of para-hydroxylation sites is 1. The third-order valence-corrected chi connectivity index (χ3v) is 4.52. The molecule has 0 radical (unpaired) electrons. The molecule has 1 heterocycles. The zero-order valence-corrected chi connectivity index (χ0v) is 14.7. The summed E-state index contributed by atoms with van der Waals surface area (Å²) in [7, 11) is 1.60. The predicted molar refractivity (Wildman–Crippen MR) is 99.5 cm³/mol. The molecule has 0 spiro atoms. The van der Waals surface area contributed by atoms with Gasteiger partial charge in [0.1, 0.15) is 0 Å². The number of hydrogen-bond acceptors (Lipinski definition) is 3. The standard InChI is InChI=1S/C19H19ClN2O3/c1-25-12-6-11-21-18(23)15-8-3-5-10-17(15)22(19(21)24)13-14-7-2-4-9-16(14)20/h2-5,7-10H,6,11-13H2,1H3. The van der Waals surface area contributed by atoms with Crippen molar-refractivity contribution < 1.29 is 4.74 Å². The molecular formula is C19H19ClN2O3. The fourth-order valence-electron chi connectivity index (χ4n) is 2.88. The Kier molecular flexibility index (Phi) is 5.36. The monoisotopic (exact) mass is 358 g/mol. The molecule has 5 nitrogen and oxygen atoms in total. The lowest BCUT2D eigenvalue weighted by Gasteiger charge is -2.14. The number of methoxy groups -OCH3 is 1. The minimum absolute atomic E-state index is 0.271. The highest BCUT2D eigenvalue weighted by Gasteiger charge is 2.13. The Hall–Kier alpha value is -2.37. The van der Waals surface area contributed by atoms with Gasteiger partial charge in [0.05, 0.1) is 17.4 Å². The second kappa shape index (κ2) is 7.68. The maximum absolute atomic E-state index is 13.0. The first kappa shape index (κ1) is 17.5. The number of rotatable bonds is 6. The summed E-state index contributed by atoms with van der Waals surface area (Å²) in [5.41, 5.74) is 0.839. The molecule has 3 rings (SSSR count). The van der Waals surface area contributed by atoms with Gasteiger partial charge in [0, 0.05) is 25.3 Å². The van der Waals surface area contributed by atoms with Crippen molar-refractivity contribution in [3.8, 4) is 0 Å². The highest BCUT2D eigenvalue weighted by Crippen LogP contribution is 2.17. The fraction of sp³-hybridized carbons (Fsp3) is 0.263. The number of fused-ring (bicyclic) bond motifs is 1. The van der Waals surface area contributed by atoms with E-state index >= 15 is 0 Å². The van der Waals surface area contributed by atoms with Gasteiger partial charge in [-0.2, -0.15) is 0 Å². The van der Waals surface area contributed by atoms with Gasteiger partial charge >= 0.3 is 5.69 Å². The number of nitrogens with zero attached hydrogens (tertiary/aromatic N) is 2. The van der Waals surface area contributed by atoms with Crippen LogP contribution in [-0.4, -0.2) is 22.9 Å². The Morgan fingerprint density at radius 1 is 1.00 bits per heavy atom. The van der Waals surface area contributed by atoms with E-state index in [1.54, 1.807) is 35.9 Å². The SMILES string of the molecule is COCCCn1c(=O)c2ccccc2n(Cc2ccccc2Cl)c1=O. The van der Waals surface area contributed by atoms with Crippen LogP contribution in [0, 0.1) is 0 Å². The minimum atomic E-state index is -0.334. The maximum Gasteiger partial charge on any atom is 0.331 e. The van der Waals surface area contributed by atoms with Crippen molar-refractivity contribution in [2.24, 2.45) is 0 Å². The van der Waals surface area contributed by atoms with Gasteiger partial charge in [-0.15, -0.1) is 0 Å². The van der Waals surface area contributed by atoms with E-state index in [0.717, 1.165) is 5.56 Å². The highest BCUT2D eigenvalue weighted by atomic mass is 35.5. The van der Waals surface area contributed by atoms with Crippen LogP contribution in [0.4, 0.5) is 0 Å². The Labute approximate surface area is 150 Å². The smallest absolute Gasteiger partial charge is 0.331 e. The molecule has 2 aromatic carbocycles. The van der Waals surface area contributed by atoms with E-state index in [-0.39, 0.29) is 11.2 Å². The molecule has 0 unspecified atom stereocenters. The molecule has 0 saturated carbocycles. The third kappa shape index (κ3) is 3.52. The van der Waals surface area contributed by atoms with Crippen LogP contribution in [0.5, 0.6) is 0 Å². The van der Waals surface area contributed by atoms with Crippen molar-refractivity contribution in [2.45, 2.75) is 19.5 Å². The van der Waals surface area contributed by atoms with E-state index in [0.29, 0.717) is 42.0 Å². The van der Waals surface area contributed by atoms with Crippen LogP contribution in [0.1, 0.15) is 12.0 Å². The summed E-state index contributed by atoms with van der Waals surface area (Å²) in [5.74, 6) is 0. The molecule has 0 aliphatic rings. The molecule has 0 bridgehead atoms. The Bertz CT molecular complexity index is 1010. The number of ether oxygens (including phenoxy) is 1. The van der Waals surface area contributed by atoms with E-state index < -0.39 is 0 Å². The van der Waals surface area contributed by atoms with Gasteiger partial charge in [0.15, 0.2) is 0 Å². The summed E-state index contributed by atoms with van der Waals surface area (Å²) >= 11 is 6.25. The van der Waals surface area contributed by atoms with E-state index in [1.165, 1.54) is 4.57 Å².